The maximum absolute atomic E-state index is 15.2. The predicted octanol–water partition coefficient (Wildman–Crippen LogP) is 5.40. The molecule has 0 bridgehead atoms. The minimum atomic E-state index is -0.558. The van der Waals surface area contributed by atoms with Gasteiger partial charge in [-0.25, -0.2) is 18.7 Å². The summed E-state index contributed by atoms with van der Waals surface area (Å²) in [4.78, 5) is 62.4. The van der Waals surface area contributed by atoms with E-state index in [0.717, 1.165) is 77.5 Å². The van der Waals surface area contributed by atoms with E-state index in [4.69, 9.17) is 0 Å². The molecule has 1 saturated carbocycles. The summed E-state index contributed by atoms with van der Waals surface area (Å²) in [6, 6.07) is 17.0. The molecule has 4 fully saturated rings. The number of carbonyl (C=O) groups excluding carboxylic acids is 3. The summed E-state index contributed by atoms with van der Waals surface area (Å²) < 4.78 is 31.7. The van der Waals surface area contributed by atoms with Crippen LogP contribution in [0.3, 0.4) is 0 Å². The van der Waals surface area contributed by atoms with Crippen molar-refractivity contribution in [1.29, 1.82) is 0 Å². The van der Waals surface area contributed by atoms with Crippen LogP contribution in [0.5, 0.6) is 0 Å². The van der Waals surface area contributed by atoms with Gasteiger partial charge in [-0.3, -0.25) is 29.1 Å². The first-order chi connectivity index (χ1) is 28.6. The van der Waals surface area contributed by atoms with Crippen LogP contribution in [0.2, 0.25) is 0 Å². The first-order valence-corrected chi connectivity index (χ1v) is 20.9. The monoisotopic (exact) mass is 807 g/mol. The van der Waals surface area contributed by atoms with E-state index in [9.17, 15) is 23.6 Å². The molecule has 59 heavy (non-hydrogen) atoms. The molecule has 1 unspecified atom stereocenters. The molecular formula is C44H51F2N9O4. The van der Waals surface area contributed by atoms with E-state index < -0.39 is 11.9 Å². The van der Waals surface area contributed by atoms with Gasteiger partial charge >= 0.3 is 0 Å². The Morgan fingerprint density at radius 3 is 2.32 bits per heavy atom. The molecule has 310 valence electrons. The van der Waals surface area contributed by atoms with Crippen LogP contribution in [-0.4, -0.2) is 87.5 Å². The molecule has 3 amide bonds. The highest BCUT2D eigenvalue weighted by Gasteiger charge is 2.31. The fourth-order valence-electron chi connectivity index (χ4n) is 9.08. The second kappa shape index (κ2) is 18.1. The van der Waals surface area contributed by atoms with E-state index in [-0.39, 0.29) is 53.3 Å². The average Bonchev–Trinajstić information content (AvgIpc) is 3.24. The number of anilines is 3. The lowest BCUT2D eigenvalue weighted by molar-refractivity contribution is -0.133. The Morgan fingerprint density at radius 1 is 0.797 bits per heavy atom. The fraction of sp³-hybridized carbons (Fsp3) is 0.455. The van der Waals surface area contributed by atoms with Crippen molar-refractivity contribution in [2.75, 3.05) is 41.7 Å². The van der Waals surface area contributed by atoms with Crippen LogP contribution >= 0.6 is 0 Å². The van der Waals surface area contributed by atoms with Crippen LogP contribution in [0, 0.1) is 17.6 Å². The van der Waals surface area contributed by atoms with E-state index in [1.807, 2.05) is 0 Å². The molecule has 3 aliphatic heterocycles. The topological polar surface area (TPSA) is 154 Å². The van der Waals surface area contributed by atoms with Crippen molar-refractivity contribution in [3.05, 3.63) is 95.0 Å². The largest absolute Gasteiger partial charge is 0.374 e. The Hall–Kier alpha value is -5.70. The van der Waals surface area contributed by atoms with Gasteiger partial charge in [0.25, 0.3) is 5.56 Å². The molecule has 5 heterocycles. The first kappa shape index (κ1) is 40.1. The molecule has 4 N–H and O–H groups in total. The van der Waals surface area contributed by atoms with Crippen LogP contribution in [0.25, 0.3) is 16.9 Å². The molecule has 2 aromatic carbocycles. The number of benzene rings is 2. The summed E-state index contributed by atoms with van der Waals surface area (Å²) in [5, 5.41) is 12.0. The van der Waals surface area contributed by atoms with E-state index in [1.54, 1.807) is 54.7 Å². The van der Waals surface area contributed by atoms with Crippen molar-refractivity contribution in [1.82, 2.24) is 30.1 Å². The summed E-state index contributed by atoms with van der Waals surface area (Å²) in [6.07, 6.45) is 11.2. The van der Waals surface area contributed by atoms with E-state index in [0.29, 0.717) is 53.4 Å². The van der Waals surface area contributed by atoms with Crippen molar-refractivity contribution in [3.8, 4) is 16.9 Å². The van der Waals surface area contributed by atoms with Crippen molar-refractivity contribution >= 4 is 35.0 Å². The molecule has 4 aromatic rings. The van der Waals surface area contributed by atoms with Gasteiger partial charge in [-0.2, -0.15) is 0 Å². The van der Waals surface area contributed by atoms with Crippen molar-refractivity contribution in [2.24, 2.45) is 5.92 Å². The number of amides is 3. The van der Waals surface area contributed by atoms with Crippen molar-refractivity contribution in [2.45, 2.75) is 94.8 Å². The minimum absolute atomic E-state index is 0.0978. The second-order valence-electron chi connectivity index (χ2n) is 16.3. The zero-order valence-electron chi connectivity index (χ0n) is 33.0. The summed E-state index contributed by atoms with van der Waals surface area (Å²) in [5.41, 5.74) is 2.21. The Morgan fingerprint density at radius 2 is 1.58 bits per heavy atom. The van der Waals surface area contributed by atoms with Gasteiger partial charge in [0.05, 0.1) is 11.9 Å². The number of halogens is 2. The zero-order chi connectivity index (χ0) is 40.9. The highest BCUT2D eigenvalue weighted by Crippen LogP contribution is 2.31. The normalized spacial score (nSPS) is 22.1. The SMILES string of the molecule is O=C1CCC(Nc2ccc(N3CCC(N4CCC(CC(=O)NC5CCC(Nc6ncc(F)c(-c7cccc(-n8ccccc8=O)c7)n6)CC5)CC4)CC3)c(F)c2)C(=O)N1. The van der Waals surface area contributed by atoms with Crippen LogP contribution in [0.15, 0.2) is 77.9 Å². The Bertz CT molecular complexity index is 2210. The fourth-order valence-corrected chi connectivity index (χ4v) is 9.08. The molecule has 4 aliphatic rings. The third kappa shape index (κ3) is 9.78. The number of hydrogen-bond acceptors (Lipinski definition) is 10. The second-order valence-corrected chi connectivity index (χ2v) is 16.3. The maximum Gasteiger partial charge on any atom is 0.255 e. The number of hydrogen-bond donors (Lipinski definition) is 4. The number of nitrogens with zero attached hydrogens (tertiary/aromatic N) is 5. The Kier molecular flexibility index (Phi) is 12.3. The number of pyridine rings is 1. The maximum atomic E-state index is 15.2. The summed E-state index contributed by atoms with van der Waals surface area (Å²) in [7, 11) is 0. The number of imide groups is 1. The number of carbonyl (C=O) groups is 3. The van der Waals surface area contributed by atoms with Gasteiger partial charge in [-0.1, -0.05) is 18.2 Å². The van der Waals surface area contributed by atoms with Gasteiger partial charge in [0, 0.05) is 73.3 Å². The number of nitrogens with one attached hydrogen (secondary N) is 4. The standard InChI is InChI=1S/C44H51F2N9O4/c45-35-26-32(48-37-12-14-39(56)51-43(37)59)11-13-38(35)54-22-17-33(18-23-54)53-20-15-28(16-21-53)24-40(57)49-30-7-9-31(10-8-30)50-44-47-27-36(46)42(52-44)29-4-3-5-34(25-29)55-19-2-1-6-41(55)58/h1-6,11,13,19,25-28,30-31,33,37,48H,7-10,12,14-18,20-24H2,(H,49,57)(H,47,50,52)(H,51,56,59). The molecule has 1 aliphatic carbocycles. The number of piperidine rings is 3. The quantitative estimate of drug-likeness (QED) is 0.145. The van der Waals surface area contributed by atoms with E-state index >= 15 is 4.39 Å². The van der Waals surface area contributed by atoms with Crippen LogP contribution in [0.1, 0.15) is 70.6 Å². The number of rotatable bonds is 11. The number of aromatic nitrogens is 3. The molecule has 1 atom stereocenters. The van der Waals surface area contributed by atoms with Crippen LogP contribution in [-0.2, 0) is 14.4 Å². The molecule has 0 radical (unpaired) electrons. The molecule has 2 aromatic heterocycles. The molecular weight excluding hydrogens is 757 g/mol. The molecule has 8 rings (SSSR count). The Labute approximate surface area is 342 Å². The number of likely N-dealkylation sites (tertiary alicyclic amines) is 1. The van der Waals surface area contributed by atoms with Gasteiger partial charge in [-0.15, -0.1) is 0 Å². The molecule has 3 saturated heterocycles. The van der Waals surface area contributed by atoms with Crippen LogP contribution in [0.4, 0.5) is 26.1 Å². The third-order valence-electron chi connectivity index (χ3n) is 12.4. The van der Waals surface area contributed by atoms with Gasteiger partial charge in [0.1, 0.15) is 17.6 Å². The van der Waals surface area contributed by atoms with Gasteiger partial charge in [-0.05, 0) is 113 Å². The lowest BCUT2D eigenvalue weighted by Gasteiger charge is -2.42. The highest BCUT2D eigenvalue weighted by molar-refractivity contribution is 6.01. The molecule has 13 nitrogen and oxygen atoms in total. The minimum Gasteiger partial charge on any atom is -0.374 e. The zero-order valence-corrected chi connectivity index (χ0v) is 33.0. The third-order valence-corrected chi connectivity index (χ3v) is 12.4. The smallest absolute Gasteiger partial charge is 0.255 e. The van der Waals surface area contributed by atoms with Crippen molar-refractivity contribution in [3.63, 3.8) is 0 Å². The lowest BCUT2D eigenvalue weighted by atomic mass is 9.89. The lowest BCUT2D eigenvalue weighted by Crippen LogP contribution is -2.48. The molecule has 15 heteroatoms. The Balaban J connectivity index is 0.742. The summed E-state index contributed by atoms with van der Waals surface area (Å²) >= 11 is 0. The van der Waals surface area contributed by atoms with Gasteiger partial charge in [0.15, 0.2) is 5.82 Å². The molecule has 0 spiro atoms. The average molecular weight is 808 g/mol. The van der Waals surface area contributed by atoms with Gasteiger partial charge in [0.2, 0.25) is 23.7 Å². The van der Waals surface area contributed by atoms with E-state index in [1.165, 1.54) is 22.9 Å². The van der Waals surface area contributed by atoms with Crippen molar-refractivity contribution < 1.29 is 23.2 Å². The van der Waals surface area contributed by atoms with E-state index in [2.05, 4.69) is 41.0 Å². The first-order valence-electron chi connectivity index (χ1n) is 20.9. The van der Waals surface area contributed by atoms with Gasteiger partial charge < -0.3 is 25.8 Å². The van der Waals surface area contributed by atoms with Crippen LogP contribution < -0.4 is 31.7 Å². The summed E-state index contributed by atoms with van der Waals surface area (Å²) in [5.74, 6) is -0.743. The predicted molar refractivity (Wildman–Crippen MR) is 221 cm³/mol. The summed E-state index contributed by atoms with van der Waals surface area (Å²) in [6.45, 7) is 3.43. The highest BCUT2D eigenvalue weighted by atomic mass is 19.1.